The van der Waals surface area contributed by atoms with Gasteiger partial charge in [-0.1, -0.05) is 6.92 Å². The third-order valence-corrected chi connectivity index (χ3v) is 6.51. The summed E-state index contributed by atoms with van der Waals surface area (Å²) in [4.78, 5) is 19.5. The van der Waals surface area contributed by atoms with E-state index < -0.39 is 0 Å². The molecule has 3 aliphatic rings. The predicted molar refractivity (Wildman–Crippen MR) is 96.9 cm³/mol. The van der Waals surface area contributed by atoms with Gasteiger partial charge in [0.15, 0.2) is 5.82 Å². The van der Waals surface area contributed by atoms with Gasteiger partial charge in [0, 0.05) is 43.8 Å². The first kappa shape index (κ1) is 16.1. The molecule has 1 amide bonds. The largest absolute Gasteiger partial charge is 0.381 e. The highest BCUT2D eigenvalue weighted by atomic mass is 16.5. The minimum atomic E-state index is 0.0700. The summed E-state index contributed by atoms with van der Waals surface area (Å²) >= 11 is 0. The van der Waals surface area contributed by atoms with Gasteiger partial charge in [0.25, 0.3) is 0 Å². The molecule has 3 atom stereocenters. The summed E-state index contributed by atoms with van der Waals surface area (Å²) in [6, 6.07) is 4.18. The van der Waals surface area contributed by atoms with Crippen molar-refractivity contribution in [2.24, 2.45) is 17.3 Å². The van der Waals surface area contributed by atoms with Crippen molar-refractivity contribution in [3.8, 4) is 0 Å². The van der Waals surface area contributed by atoms with Crippen LogP contribution in [0, 0.1) is 17.3 Å². The van der Waals surface area contributed by atoms with Gasteiger partial charge in [-0.25, -0.2) is 9.50 Å². The molecule has 138 valence electrons. The van der Waals surface area contributed by atoms with Crippen LogP contribution in [-0.2, 0) is 9.53 Å². The molecule has 0 bridgehead atoms. The van der Waals surface area contributed by atoms with Crippen LogP contribution in [0.1, 0.15) is 26.2 Å². The molecule has 1 N–H and O–H groups in total. The SMILES string of the molecule is CC1CC1C(=O)NC1CN(c2ncnn3cccc23)CC12CCOCC2. The molecule has 0 radical (unpaired) electrons. The van der Waals surface area contributed by atoms with Crippen LogP contribution in [0.3, 0.4) is 0 Å². The van der Waals surface area contributed by atoms with Gasteiger partial charge >= 0.3 is 0 Å². The second kappa shape index (κ2) is 5.94. The van der Waals surface area contributed by atoms with Gasteiger partial charge < -0.3 is 15.0 Å². The van der Waals surface area contributed by atoms with Crippen molar-refractivity contribution in [2.45, 2.75) is 32.2 Å². The molecular weight excluding hydrogens is 330 g/mol. The van der Waals surface area contributed by atoms with E-state index in [2.05, 4.69) is 27.2 Å². The fraction of sp³-hybridized carbons (Fsp3) is 0.632. The molecule has 1 saturated carbocycles. The quantitative estimate of drug-likeness (QED) is 0.903. The van der Waals surface area contributed by atoms with Crippen LogP contribution in [0.25, 0.3) is 5.52 Å². The number of anilines is 1. The predicted octanol–water partition coefficient (Wildman–Crippen LogP) is 1.49. The van der Waals surface area contributed by atoms with Crippen molar-refractivity contribution < 1.29 is 9.53 Å². The molecule has 2 aromatic heterocycles. The molecule has 26 heavy (non-hydrogen) atoms. The van der Waals surface area contributed by atoms with Gasteiger partial charge in [0.1, 0.15) is 11.8 Å². The van der Waals surface area contributed by atoms with E-state index in [1.807, 2.05) is 22.8 Å². The van der Waals surface area contributed by atoms with E-state index in [-0.39, 0.29) is 23.3 Å². The number of carbonyl (C=O) groups is 1. The average Bonchev–Trinajstić information content (AvgIpc) is 3.05. The number of fused-ring (bicyclic) bond motifs is 1. The number of ether oxygens (including phenoxy) is 1. The van der Waals surface area contributed by atoms with Crippen molar-refractivity contribution in [3.63, 3.8) is 0 Å². The molecule has 7 heteroatoms. The number of amides is 1. The number of hydrogen-bond acceptors (Lipinski definition) is 5. The van der Waals surface area contributed by atoms with E-state index in [1.54, 1.807) is 6.33 Å². The van der Waals surface area contributed by atoms with Gasteiger partial charge in [0.2, 0.25) is 5.91 Å². The topological polar surface area (TPSA) is 71.8 Å². The van der Waals surface area contributed by atoms with E-state index in [4.69, 9.17) is 4.74 Å². The Morgan fingerprint density at radius 1 is 1.38 bits per heavy atom. The lowest BCUT2D eigenvalue weighted by Crippen LogP contribution is -2.50. The van der Waals surface area contributed by atoms with E-state index in [0.29, 0.717) is 5.92 Å². The number of rotatable bonds is 3. The van der Waals surface area contributed by atoms with Gasteiger partial charge in [-0.15, -0.1) is 0 Å². The Labute approximate surface area is 152 Å². The fourth-order valence-electron chi connectivity index (χ4n) is 4.68. The second-order valence-electron chi connectivity index (χ2n) is 8.16. The van der Waals surface area contributed by atoms with Gasteiger partial charge in [-0.2, -0.15) is 5.10 Å². The summed E-state index contributed by atoms with van der Waals surface area (Å²) in [5.74, 6) is 1.91. The zero-order valence-electron chi connectivity index (χ0n) is 15.1. The van der Waals surface area contributed by atoms with Crippen LogP contribution in [0.5, 0.6) is 0 Å². The Kier molecular flexibility index (Phi) is 3.67. The molecule has 1 aliphatic carbocycles. The second-order valence-corrected chi connectivity index (χ2v) is 8.16. The summed E-state index contributed by atoms with van der Waals surface area (Å²) in [5, 5.41) is 7.66. The van der Waals surface area contributed by atoms with Crippen molar-refractivity contribution >= 4 is 17.2 Å². The van der Waals surface area contributed by atoms with Crippen molar-refractivity contribution in [1.82, 2.24) is 19.9 Å². The van der Waals surface area contributed by atoms with E-state index in [0.717, 1.165) is 56.9 Å². The normalized spacial score (nSPS) is 30.0. The fourth-order valence-corrected chi connectivity index (χ4v) is 4.68. The minimum Gasteiger partial charge on any atom is -0.381 e. The van der Waals surface area contributed by atoms with Crippen LogP contribution < -0.4 is 10.2 Å². The third kappa shape index (κ3) is 2.57. The molecule has 2 aromatic rings. The highest BCUT2D eigenvalue weighted by molar-refractivity contribution is 5.82. The molecule has 2 aliphatic heterocycles. The number of nitrogens with one attached hydrogen (secondary N) is 1. The standard InChI is InChI=1S/C19H25N5O2/c1-13-9-14(13)18(25)22-16-10-23(11-19(16)4-7-26-8-5-19)17-15-3-2-6-24(15)21-12-20-17/h2-3,6,12-14,16H,4-5,7-11H2,1H3,(H,22,25). The van der Waals surface area contributed by atoms with E-state index in [9.17, 15) is 4.79 Å². The van der Waals surface area contributed by atoms with Crippen molar-refractivity contribution in [1.29, 1.82) is 0 Å². The number of nitrogens with zero attached hydrogens (tertiary/aromatic N) is 4. The first-order valence-corrected chi connectivity index (χ1v) is 9.58. The highest BCUT2D eigenvalue weighted by Crippen LogP contribution is 2.43. The Morgan fingerprint density at radius 3 is 2.96 bits per heavy atom. The molecule has 4 heterocycles. The average molecular weight is 355 g/mol. The lowest BCUT2D eigenvalue weighted by atomic mass is 9.76. The number of hydrogen-bond donors (Lipinski definition) is 1. The van der Waals surface area contributed by atoms with Crippen LogP contribution in [0.15, 0.2) is 24.7 Å². The monoisotopic (exact) mass is 355 g/mol. The zero-order valence-corrected chi connectivity index (χ0v) is 15.1. The first-order valence-electron chi connectivity index (χ1n) is 9.58. The molecule has 1 spiro atoms. The highest BCUT2D eigenvalue weighted by Gasteiger charge is 2.50. The maximum absolute atomic E-state index is 12.6. The van der Waals surface area contributed by atoms with E-state index >= 15 is 0 Å². The summed E-state index contributed by atoms with van der Waals surface area (Å²) in [7, 11) is 0. The Balaban J connectivity index is 1.44. The summed E-state index contributed by atoms with van der Waals surface area (Å²) < 4.78 is 7.48. The molecule has 0 aromatic carbocycles. The molecule has 3 unspecified atom stereocenters. The zero-order chi connectivity index (χ0) is 17.7. The lowest BCUT2D eigenvalue weighted by molar-refractivity contribution is -0.124. The number of carbonyl (C=O) groups excluding carboxylic acids is 1. The first-order chi connectivity index (χ1) is 12.7. The summed E-state index contributed by atoms with van der Waals surface area (Å²) in [6.07, 6.45) is 6.54. The third-order valence-electron chi connectivity index (χ3n) is 6.51. The maximum atomic E-state index is 12.6. The van der Waals surface area contributed by atoms with Gasteiger partial charge in [-0.05, 0) is 37.3 Å². The molecule has 2 saturated heterocycles. The minimum absolute atomic E-state index is 0.0700. The number of aromatic nitrogens is 3. The summed E-state index contributed by atoms with van der Waals surface area (Å²) in [5.41, 5.74) is 1.08. The van der Waals surface area contributed by atoms with Crippen molar-refractivity contribution in [2.75, 3.05) is 31.2 Å². The van der Waals surface area contributed by atoms with Crippen LogP contribution >= 0.6 is 0 Å². The maximum Gasteiger partial charge on any atom is 0.223 e. The molecule has 5 rings (SSSR count). The Bertz CT molecular complexity index is 828. The van der Waals surface area contributed by atoms with Gasteiger partial charge in [-0.3, -0.25) is 4.79 Å². The molecule has 3 fully saturated rings. The molecule has 7 nitrogen and oxygen atoms in total. The lowest BCUT2D eigenvalue weighted by Gasteiger charge is -2.38. The Hall–Kier alpha value is -2.15. The smallest absolute Gasteiger partial charge is 0.223 e. The van der Waals surface area contributed by atoms with E-state index in [1.165, 1.54) is 0 Å². The summed E-state index contributed by atoms with van der Waals surface area (Å²) in [6.45, 7) is 5.39. The van der Waals surface area contributed by atoms with Crippen molar-refractivity contribution in [3.05, 3.63) is 24.7 Å². The molecular formula is C19H25N5O2. The van der Waals surface area contributed by atoms with Gasteiger partial charge in [0.05, 0.1) is 6.04 Å². The van der Waals surface area contributed by atoms with Crippen LogP contribution in [0.2, 0.25) is 0 Å². The Morgan fingerprint density at radius 2 is 2.19 bits per heavy atom. The van der Waals surface area contributed by atoms with Crippen LogP contribution in [0.4, 0.5) is 5.82 Å². The van der Waals surface area contributed by atoms with Crippen LogP contribution in [-0.4, -0.2) is 52.9 Å².